The van der Waals surface area contributed by atoms with E-state index in [-0.39, 0.29) is 0 Å². The lowest BCUT2D eigenvalue weighted by Gasteiger charge is -2.21. The van der Waals surface area contributed by atoms with Gasteiger partial charge in [0.1, 0.15) is 23.0 Å². The van der Waals surface area contributed by atoms with Crippen LogP contribution in [-0.2, 0) is 0 Å². The lowest BCUT2D eigenvalue weighted by atomic mass is 10.1. The van der Waals surface area contributed by atoms with Crippen molar-refractivity contribution in [1.82, 2.24) is 9.97 Å². The van der Waals surface area contributed by atoms with Crippen LogP contribution in [0.25, 0.3) is 0 Å². The highest BCUT2D eigenvalue weighted by atomic mass is 35.5. The van der Waals surface area contributed by atoms with E-state index < -0.39 is 0 Å². The van der Waals surface area contributed by atoms with Gasteiger partial charge in [0.2, 0.25) is 0 Å². The Kier molecular flexibility index (Phi) is 4.78. The third kappa shape index (κ3) is 3.62. The normalized spacial score (nSPS) is 17.5. The number of halogens is 2. The lowest BCUT2D eigenvalue weighted by molar-refractivity contribution is 0.621. The summed E-state index contributed by atoms with van der Waals surface area (Å²) in [6, 6.07) is 6.03. The highest BCUT2D eigenvalue weighted by Gasteiger charge is 2.24. The Labute approximate surface area is 145 Å². The van der Waals surface area contributed by atoms with Gasteiger partial charge < -0.3 is 16.0 Å². The van der Waals surface area contributed by atoms with Crippen molar-refractivity contribution in [2.75, 3.05) is 35.6 Å². The number of benzene rings is 1. The summed E-state index contributed by atoms with van der Waals surface area (Å²) in [6.07, 6.45) is 2.52. The van der Waals surface area contributed by atoms with Gasteiger partial charge in [0.15, 0.2) is 0 Å². The number of hydrogen-bond acceptors (Lipinski definition) is 5. The number of anilines is 3. The number of nitrogen functional groups attached to an aromatic ring is 1. The Bertz CT molecular complexity index is 707. The molecule has 1 aliphatic rings. The molecular formula is C16H19Cl2N5. The maximum atomic E-state index is 6.13. The number of nitrogens with zero attached hydrogens (tertiary/aromatic N) is 3. The molecule has 0 radical (unpaired) electrons. The van der Waals surface area contributed by atoms with E-state index in [2.05, 4.69) is 33.2 Å². The Morgan fingerprint density at radius 1 is 1.35 bits per heavy atom. The molecule has 122 valence electrons. The lowest BCUT2D eigenvalue weighted by Crippen LogP contribution is -2.23. The van der Waals surface area contributed by atoms with Crippen LogP contribution in [0.4, 0.5) is 17.3 Å². The maximum Gasteiger partial charge on any atom is 0.150 e. The van der Waals surface area contributed by atoms with E-state index in [1.807, 2.05) is 12.1 Å². The second kappa shape index (κ2) is 6.81. The van der Waals surface area contributed by atoms with Gasteiger partial charge in [-0.15, -0.1) is 0 Å². The smallest absolute Gasteiger partial charge is 0.150 e. The van der Waals surface area contributed by atoms with Crippen LogP contribution in [0.5, 0.6) is 0 Å². The molecule has 0 saturated carbocycles. The molecule has 2 aromatic rings. The number of aromatic nitrogens is 2. The van der Waals surface area contributed by atoms with E-state index in [0.717, 1.165) is 31.1 Å². The summed E-state index contributed by atoms with van der Waals surface area (Å²) in [7, 11) is 0. The van der Waals surface area contributed by atoms with Gasteiger partial charge >= 0.3 is 0 Å². The van der Waals surface area contributed by atoms with Gasteiger partial charge in [-0.05, 0) is 37.0 Å². The molecule has 1 saturated heterocycles. The summed E-state index contributed by atoms with van der Waals surface area (Å²) in [4.78, 5) is 10.4. The average molecular weight is 352 g/mol. The van der Waals surface area contributed by atoms with Gasteiger partial charge in [-0.3, -0.25) is 0 Å². The summed E-state index contributed by atoms with van der Waals surface area (Å²) in [5.41, 5.74) is 8.15. The third-order valence-corrected chi connectivity index (χ3v) is 4.78. The molecule has 0 amide bonds. The topological polar surface area (TPSA) is 67.1 Å². The standard InChI is InChI=1S/C16H19Cl2N5/c1-10-2-3-12(17)6-13(10)23-5-4-11(8-23)7-20-16-14(18)15(19)21-9-22-16/h2-3,6,9,11H,4-5,7-8H2,1H3,(H3,19,20,21,22). The van der Waals surface area contributed by atoms with Crippen molar-refractivity contribution in [2.45, 2.75) is 13.3 Å². The first kappa shape index (κ1) is 16.1. The second-order valence-corrected chi connectivity index (χ2v) is 6.65. The van der Waals surface area contributed by atoms with E-state index in [1.54, 1.807) is 0 Å². The predicted molar refractivity (Wildman–Crippen MR) is 96.5 cm³/mol. The van der Waals surface area contributed by atoms with Crippen molar-refractivity contribution in [2.24, 2.45) is 5.92 Å². The largest absolute Gasteiger partial charge is 0.382 e. The van der Waals surface area contributed by atoms with Gasteiger partial charge in [0.05, 0.1) is 0 Å². The third-order valence-electron chi connectivity index (χ3n) is 4.17. The van der Waals surface area contributed by atoms with Crippen molar-refractivity contribution in [1.29, 1.82) is 0 Å². The molecule has 1 aromatic heterocycles. The first-order chi connectivity index (χ1) is 11.0. The minimum Gasteiger partial charge on any atom is -0.382 e. The van der Waals surface area contributed by atoms with E-state index in [9.17, 15) is 0 Å². The Hall–Kier alpha value is -1.72. The first-order valence-corrected chi connectivity index (χ1v) is 8.31. The summed E-state index contributed by atoms with van der Waals surface area (Å²) in [5.74, 6) is 1.41. The molecule has 1 aromatic carbocycles. The van der Waals surface area contributed by atoms with Crippen LogP contribution >= 0.6 is 23.2 Å². The molecule has 5 nitrogen and oxygen atoms in total. The van der Waals surface area contributed by atoms with Gasteiger partial charge in [-0.25, -0.2) is 9.97 Å². The van der Waals surface area contributed by atoms with Crippen LogP contribution in [0.15, 0.2) is 24.5 Å². The monoisotopic (exact) mass is 351 g/mol. The highest BCUT2D eigenvalue weighted by Crippen LogP contribution is 2.30. The summed E-state index contributed by atoms with van der Waals surface area (Å²) in [6.45, 7) is 4.91. The van der Waals surface area contributed by atoms with E-state index >= 15 is 0 Å². The molecule has 1 fully saturated rings. The number of hydrogen-bond donors (Lipinski definition) is 2. The predicted octanol–water partition coefficient (Wildman–Crippen LogP) is 3.61. The van der Waals surface area contributed by atoms with E-state index in [0.29, 0.717) is 22.6 Å². The molecule has 23 heavy (non-hydrogen) atoms. The maximum absolute atomic E-state index is 6.13. The van der Waals surface area contributed by atoms with Crippen LogP contribution in [-0.4, -0.2) is 29.6 Å². The SMILES string of the molecule is Cc1ccc(Cl)cc1N1CCC(CNc2ncnc(N)c2Cl)C1. The zero-order valence-electron chi connectivity index (χ0n) is 12.9. The minimum atomic E-state index is 0.298. The van der Waals surface area contributed by atoms with Crippen molar-refractivity contribution in [3.05, 3.63) is 40.1 Å². The van der Waals surface area contributed by atoms with Crippen LogP contribution in [0.3, 0.4) is 0 Å². The summed E-state index contributed by atoms with van der Waals surface area (Å²) < 4.78 is 0. The number of aryl methyl sites for hydroxylation is 1. The fourth-order valence-corrected chi connectivity index (χ4v) is 3.22. The van der Waals surface area contributed by atoms with Crippen molar-refractivity contribution in [3.63, 3.8) is 0 Å². The molecule has 3 rings (SSSR count). The van der Waals surface area contributed by atoms with E-state index in [1.165, 1.54) is 17.6 Å². The second-order valence-electron chi connectivity index (χ2n) is 5.83. The zero-order chi connectivity index (χ0) is 16.4. The first-order valence-electron chi connectivity index (χ1n) is 7.55. The van der Waals surface area contributed by atoms with Crippen molar-refractivity contribution in [3.8, 4) is 0 Å². The van der Waals surface area contributed by atoms with Gasteiger partial charge in [0.25, 0.3) is 0 Å². The average Bonchev–Trinajstić information content (AvgIpc) is 3.00. The molecule has 0 aliphatic carbocycles. The number of nitrogens with two attached hydrogens (primary N) is 1. The zero-order valence-corrected chi connectivity index (χ0v) is 14.4. The van der Waals surface area contributed by atoms with Crippen molar-refractivity contribution < 1.29 is 0 Å². The molecule has 1 unspecified atom stereocenters. The van der Waals surface area contributed by atoms with Crippen LogP contribution in [0, 0.1) is 12.8 Å². The van der Waals surface area contributed by atoms with Crippen LogP contribution < -0.4 is 16.0 Å². The van der Waals surface area contributed by atoms with Crippen molar-refractivity contribution >= 4 is 40.5 Å². The van der Waals surface area contributed by atoms with E-state index in [4.69, 9.17) is 28.9 Å². The Morgan fingerprint density at radius 3 is 3.00 bits per heavy atom. The molecule has 0 bridgehead atoms. The molecule has 7 heteroatoms. The minimum absolute atomic E-state index is 0.298. The van der Waals surface area contributed by atoms with Gasteiger partial charge in [-0.2, -0.15) is 0 Å². The van der Waals surface area contributed by atoms with Gasteiger partial charge in [0, 0.05) is 30.3 Å². The summed E-state index contributed by atoms with van der Waals surface area (Å²) >= 11 is 12.2. The molecule has 3 N–H and O–H groups in total. The van der Waals surface area contributed by atoms with Crippen LogP contribution in [0.1, 0.15) is 12.0 Å². The Morgan fingerprint density at radius 2 is 2.17 bits per heavy atom. The Balaban J connectivity index is 1.62. The van der Waals surface area contributed by atoms with Gasteiger partial charge in [-0.1, -0.05) is 29.3 Å². The highest BCUT2D eigenvalue weighted by molar-refractivity contribution is 6.35. The molecule has 1 atom stereocenters. The van der Waals surface area contributed by atoms with Crippen LogP contribution in [0.2, 0.25) is 10.0 Å². The summed E-state index contributed by atoms with van der Waals surface area (Å²) in [5, 5.41) is 4.43. The number of rotatable bonds is 4. The molecular weight excluding hydrogens is 333 g/mol. The fraction of sp³-hybridized carbons (Fsp3) is 0.375. The molecule has 0 spiro atoms. The fourth-order valence-electron chi connectivity index (χ4n) is 2.89. The molecule has 2 heterocycles. The molecule has 1 aliphatic heterocycles. The quantitative estimate of drug-likeness (QED) is 0.880. The number of nitrogens with one attached hydrogen (secondary N) is 1.